The zero-order chi connectivity index (χ0) is 23.3. The first-order chi connectivity index (χ1) is 15.8. The average molecular weight is 446 g/mol. The van der Waals surface area contributed by atoms with Crippen LogP contribution >= 0.6 is 0 Å². The Morgan fingerprint density at radius 3 is 2.67 bits per heavy atom. The van der Waals surface area contributed by atoms with Gasteiger partial charge in [-0.05, 0) is 58.4 Å². The van der Waals surface area contributed by atoms with E-state index in [0.29, 0.717) is 17.8 Å². The summed E-state index contributed by atoms with van der Waals surface area (Å²) in [5.41, 5.74) is 6.91. The molecule has 1 aromatic carbocycles. The summed E-state index contributed by atoms with van der Waals surface area (Å²) in [6.07, 6.45) is 3.56. The van der Waals surface area contributed by atoms with E-state index in [0.717, 1.165) is 36.6 Å². The maximum Gasteiger partial charge on any atom is 0.229 e. The highest BCUT2D eigenvalue weighted by Gasteiger charge is 2.25. The first kappa shape index (κ1) is 21.6. The lowest BCUT2D eigenvalue weighted by atomic mass is 10.1. The molecular weight excluding hydrogens is 414 g/mol. The van der Waals surface area contributed by atoms with Crippen LogP contribution in [0.15, 0.2) is 36.7 Å². The van der Waals surface area contributed by atoms with Gasteiger partial charge in [0.15, 0.2) is 5.82 Å². The molecule has 0 bridgehead atoms. The monoisotopic (exact) mass is 445 g/mol. The molecule has 4 heterocycles. The minimum atomic E-state index is -0.202. The van der Waals surface area contributed by atoms with E-state index in [9.17, 15) is 5.11 Å². The average Bonchev–Trinajstić information content (AvgIpc) is 3.24. The number of nitrogens with zero attached hydrogens (tertiary/aromatic N) is 6. The number of aliphatic hydroxyl groups is 1. The summed E-state index contributed by atoms with van der Waals surface area (Å²) in [7, 11) is 0. The van der Waals surface area contributed by atoms with Crippen LogP contribution in [0.3, 0.4) is 0 Å². The number of aryl methyl sites for hydroxylation is 2. The second-order valence-corrected chi connectivity index (χ2v) is 9.30. The normalized spacial score (nSPS) is 14.9. The summed E-state index contributed by atoms with van der Waals surface area (Å²) in [5.74, 6) is 1.25. The lowest BCUT2D eigenvalue weighted by Gasteiger charge is -2.35. The standard InChI is InChI=1S/C25H31N7O/c1-15(2)32-18(5)16(3)22-10-20(6-7-23(22)32)27-25-26-9-8-24(28-25)31-12-19(17(4)29-31)11-30-13-21(33)14-30/h6-10,12,15,21,33H,11,13-14H2,1-5H3,(H,26,27,28). The van der Waals surface area contributed by atoms with Gasteiger partial charge in [-0.25, -0.2) is 9.67 Å². The number of nitrogens with one attached hydrogen (secondary N) is 1. The Kier molecular flexibility index (Phi) is 5.42. The minimum absolute atomic E-state index is 0.202. The summed E-state index contributed by atoms with van der Waals surface area (Å²) in [4.78, 5) is 11.3. The molecule has 0 saturated carbocycles. The van der Waals surface area contributed by atoms with E-state index < -0.39 is 0 Å². The van der Waals surface area contributed by atoms with E-state index in [1.165, 1.54) is 22.2 Å². The fourth-order valence-electron chi connectivity index (χ4n) is 4.69. The van der Waals surface area contributed by atoms with Crippen molar-refractivity contribution >= 4 is 22.5 Å². The van der Waals surface area contributed by atoms with Crippen LogP contribution in [0.2, 0.25) is 0 Å². The number of β-amino-alcohol motifs (C(OH)–C–C–N with tert-alkyl or cyclic N) is 1. The van der Waals surface area contributed by atoms with Crippen LogP contribution < -0.4 is 5.32 Å². The molecule has 1 aliphatic heterocycles. The number of benzene rings is 1. The van der Waals surface area contributed by atoms with Crippen LogP contribution in [0.5, 0.6) is 0 Å². The van der Waals surface area contributed by atoms with Gasteiger partial charge in [0, 0.05) is 72.0 Å². The van der Waals surface area contributed by atoms with Gasteiger partial charge in [0.05, 0.1) is 11.8 Å². The van der Waals surface area contributed by atoms with Gasteiger partial charge in [0.2, 0.25) is 5.95 Å². The van der Waals surface area contributed by atoms with Crippen LogP contribution in [0.4, 0.5) is 11.6 Å². The van der Waals surface area contributed by atoms with E-state index >= 15 is 0 Å². The van der Waals surface area contributed by atoms with Gasteiger partial charge in [0.1, 0.15) is 0 Å². The molecule has 0 radical (unpaired) electrons. The molecule has 1 aliphatic rings. The Morgan fingerprint density at radius 1 is 1.15 bits per heavy atom. The van der Waals surface area contributed by atoms with Gasteiger partial charge < -0.3 is 15.0 Å². The third kappa shape index (κ3) is 4.00. The highest BCUT2D eigenvalue weighted by Crippen LogP contribution is 2.31. The third-order valence-electron chi connectivity index (χ3n) is 6.54. The quantitative estimate of drug-likeness (QED) is 0.466. The minimum Gasteiger partial charge on any atom is -0.390 e. The van der Waals surface area contributed by atoms with Crippen LogP contribution in [0.25, 0.3) is 16.7 Å². The van der Waals surface area contributed by atoms with Gasteiger partial charge in [0.25, 0.3) is 0 Å². The number of likely N-dealkylation sites (tertiary alicyclic amines) is 1. The van der Waals surface area contributed by atoms with Gasteiger partial charge in [-0.2, -0.15) is 10.1 Å². The Morgan fingerprint density at radius 2 is 1.94 bits per heavy atom. The number of hydrogen-bond acceptors (Lipinski definition) is 6. The van der Waals surface area contributed by atoms with E-state index in [1.54, 1.807) is 10.9 Å². The highest BCUT2D eigenvalue weighted by molar-refractivity contribution is 5.89. The highest BCUT2D eigenvalue weighted by atomic mass is 16.3. The van der Waals surface area contributed by atoms with Gasteiger partial charge in [-0.1, -0.05) is 0 Å². The maximum atomic E-state index is 9.53. The van der Waals surface area contributed by atoms with Crippen molar-refractivity contribution in [3.05, 3.63) is 59.2 Å². The molecule has 3 aromatic heterocycles. The van der Waals surface area contributed by atoms with Crippen molar-refractivity contribution in [2.75, 3.05) is 18.4 Å². The smallest absolute Gasteiger partial charge is 0.229 e. The molecule has 1 saturated heterocycles. The fourth-order valence-corrected chi connectivity index (χ4v) is 4.69. The van der Waals surface area contributed by atoms with E-state index in [4.69, 9.17) is 4.98 Å². The molecule has 8 nitrogen and oxygen atoms in total. The zero-order valence-electron chi connectivity index (χ0n) is 19.9. The molecule has 1 fully saturated rings. The Bertz CT molecular complexity index is 1310. The Balaban J connectivity index is 1.39. The Hall–Kier alpha value is -3.23. The summed E-state index contributed by atoms with van der Waals surface area (Å²) in [6.45, 7) is 13.0. The van der Waals surface area contributed by atoms with Crippen LogP contribution in [0, 0.1) is 20.8 Å². The van der Waals surface area contributed by atoms with E-state index in [-0.39, 0.29) is 6.10 Å². The summed E-state index contributed by atoms with van der Waals surface area (Å²) < 4.78 is 4.18. The molecule has 0 atom stereocenters. The Labute approximate surface area is 193 Å². The van der Waals surface area contributed by atoms with Crippen LogP contribution in [0.1, 0.15) is 42.4 Å². The van der Waals surface area contributed by atoms with Crippen molar-refractivity contribution in [1.29, 1.82) is 0 Å². The first-order valence-electron chi connectivity index (χ1n) is 11.5. The van der Waals surface area contributed by atoms with Crippen molar-refractivity contribution in [2.24, 2.45) is 0 Å². The van der Waals surface area contributed by atoms with Crippen molar-refractivity contribution in [3.63, 3.8) is 0 Å². The fraction of sp³-hybridized carbons (Fsp3) is 0.400. The predicted molar refractivity (Wildman–Crippen MR) is 130 cm³/mol. The van der Waals surface area contributed by atoms with Gasteiger partial charge in [-0.3, -0.25) is 4.90 Å². The second-order valence-electron chi connectivity index (χ2n) is 9.30. The van der Waals surface area contributed by atoms with Crippen LogP contribution in [-0.2, 0) is 6.54 Å². The van der Waals surface area contributed by atoms with E-state index in [1.807, 2.05) is 19.2 Å². The number of aliphatic hydroxyl groups excluding tert-OH is 1. The van der Waals surface area contributed by atoms with Crippen molar-refractivity contribution in [1.82, 2.24) is 29.2 Å². The summed E-state index contributed by atoms with van der Waals surface area (Å²) in [5, 5.41) is 18.8. The first-order valence-corrected chi connectivity index (χ1v) is 11.5. The van der Waals surface area contributed by atoms with Crippen molar-refractivity contribution in [2.45, 2.75) is 53.3 Å². The molecule has 4 aromatic rings. The molecule has 5 rings (SSSR count). The number of anilines is 2. The SMILES string of the molecule is Cc1nn(-c2ccnc(Nc3ccc4c(c3)c(C)c(C)n4C(C)C)n2)cc1CN1CC(O)C1. The topological polar surface area (TPSA) is 84.0 Å². The number of aromatic nitrogens is 5. The lowest BCUT2D eigenvalue weighted by Crippen LogP contribution is -2.49. The molecule has 2 N–H and O–H groups in total. The summed E-state index contributed by atoms with van der Waals surface area (Å²) in [6, 6.07) is 8.68. The zero-order valence-corrected chi connectivity index (χ0v) is 19.9. The molecular formula is C25H31N7O. The molecule has 0 unspecified atom stereocenters. The third-order valence-corrected chi connectivity index (χ3v) is 6.54. The van der Waals surface area contributed by atoms with E-state index in [2.05, 4.69) is 70.8 Å². The number of hydrogen-bond donors (Lipinski definition) is 2. The van der Waals surface area contributed by atoms with Gasteiger partial charge >= 0.3 is 0 Å². The van der Waals surface area contributed by atoms with Crippen molar-refractivity contribution in [3.8, 4) is 5.82 Å². The molecule has 33 heavy (non-hydrogen) atoms. The molecule has 172 valence electrons. The second kappa shape index (κ2) is 8.28. The molecule has 8 heteroatoms. The lowest BCUT2D eigenvalue weighted by molar-refractivity contribution is -0.00297. The van der Waals surface area contributed by atoms with Crippen LogP contribution in [-0.4, -0.2) is 53.5 Å². The van der Waals surface area contributed by atoms with Gasteiger partial charge in [-0.15, -0.1) is 0 Å². The molecule has 0 amide bonds. The van der Waals surface area contributed by atoms with Crippen molar-refractivity contribution < 1.29 is 5.11 Å². The number of rotatable bonds is 6. The molecule has 0 aliphatic carbocycles. The molecule has 0 spiro atoms. The number of fused-ring (bicyclic) bond motifs is 1. The predicted octanol–water partition coefficient (Wildman–Crippen LogP) is 4.04. The summed E-state index contributed by atoms with van der Waals surface area (Å²) >= 11 is 0. The largest absolute Gasteiger partial charge is 0.390 e. The maximum absolute atomic E-state index is 9.53.